The Kier molecular flexibility index (Phi) is 3.60. The van der Waals surface area contributed by atoms with E-state index in [1.807, 2.05) is 17.7 Å². The maximum absolute atomic E-state index is 13.0. The molecule has 1 aliphatic heterocycles. The van der Waals surface area contributed by atoms with Crippen LogP contribution in [0.1, 0.15) is 36.8 Å². The van der Waals surface area contributed by atoms with Gasteiger partial charge in [-0.2, -0.15) is 15.0 Å². The smallest absolute Gasteiger partial charge is 0.281 e. The van der Waals surface area contributed by atoms with Crippen LogP contribution in [0.25, 0.3) is 5.69 Å². The molecule has 0 spiro atoms. The Morgan fingerprint density at radius 2 is 1.88 bits per heavy atom. The van der Waals surface area contributed by atoms with Gasteiger partial charge in [0.2, 0.25) is 0 Å². The number of benzene rings is 1. The van der Waals surface area contributed by atoms with E-state index in [0.717, 1.165) is 12.2 Å². The molecule has 1 amide bonds. The highest BCUT2D eigenvalue weighted by molar-refractivity contribution is 6.04. The van der Waals surface area contributed by atoms with Crippen molar-refractivity contribution in [3.05, 3.63) is 54.2 Å². The molecular weight excluding hydrogens is 323 g/mol. The molecule has 0 unspecified atom stereocenters. The highest BCUT2D eigenvalue weighted by Crippen LogP contribution is 2.32. The number of rotatable bonds is 2. The molecule has 0 N–H and O–H groups in total. The minimum Gasteiger partial charge on any atom is -0.289 e. The highest BCUT2D eigenvalue weighted by atomic mass is 19.1. The molecule has 2 atom stereocenters. The predicted octanol–water partition coefficient (Wildman–Crippen LogP) is 2.60. The molecule has 0 aliphatic carbocycles. The average molecular weight is 340 g/mol. The largest absolute Gasteiger partial charge is 0.289 e. The van der Waals surface area contributed by atoms with Crippen molar-refractivity contribution in [1.29, 1.82) is 0 Å². The minimum atomic E-state index is -0.336. The van der Waals surface area contributed by atoms with Crippen LogP contribution in [0.4, 0.5) is 10.2 Å². The van der Waals surface area contributed by atoms with Gasteiger partial charge in [0, 0.05) is 12.1 Å². The molecule has 128 valence electrons. The van der Waals surface area contributed by atoms with Crippen LogP contribution < -0.4 is 4.90 Å². The van der Waals surface area contributed by atoms with Crippen molar-refractivity contribution >= 4 is 11.7 Å². The van der Waals surface area contributed by atoms with E-state index in [9.17, 15) is 9.18 Å². The Hall–Kier alpha value is -3.03. The number of halogens is 1. The van der Waals surface area contributed by atoms with Gasteiger partial charge in [0.15, 0.2) is 5.69 Å². The molecule has 1 aromatic carbocycles. The van der Waals surface area contributed by atoms with E-state index in [-0.39, 0.29) is 29.5 Å². The van der Waals surface area contributed by atoms with Crippen molar-refractivity contribution < 1.29 is 9.18 Å². The summed E-state index contributed by atoms with van der Waals surface area (Å²) in [4.78, 5) is 16.0. The minimum absolute atomic E-state index is 0.0303. The van der Waals surface area contributed by atoms with Gasteiger partial charge < -0.3 is 0 Å². The molecule has 7 nitrogen and oxygen atoms in total. The first-order valence-electron chi connectivity index (χ1n) is 8.10. The van der Waals surface area contributed by atoms with Crippen molar-refractivity contribution in [2.45, 2.75) is 32.4 Å². The van der Waals surface area contributed by atoms with Crippen LogP contribution >= 0.6 is 0 Å². The lowest BCUT2D eigenvalue weighted by molar-refractivity contribution is 0.0961. The molecule has 0 saturated carbocycles. The lowest BCUT2D eigenvalue weighted by atomic mass is 10.1. The van der Waals surface area contributed by atoms with Gasteiger partial charge >= 0.3 is 0 Å². The summed E-state index contributed by atoms with van der Waals surface area (Å²) in [5.41, 5.74) is 0.823. The summed E-state index contributed by atoms with van der Waals surface area (Å²) in [7, 11) is 0. The third-order valence-electron chi connectivity index (χ3n) is 4.42. The van der Waals surface area contributed by atoms with Gasteiger partial charge in [0.05, 0.1) is 24.1 Å². The van der Waals surface area contributed by atoms with E-state index >= 15 is 0 Å². The van der Waals surface area contributed by atoms with E-state index in [1.54, 1.807) is 23.2 Å². The first-order valence-corrected chi connectivity index (χ1v) is 8.10. The molecule has 3 aromatic rings. The molecule has 1 aliphatic rings. The Bertz CT molecular complexity index is 915. The van der Waals surface area contributed by atoms with Gasteiger partial charge in [-0.3, -0.25) is 9.69 Å². The molecule has 8 heteroatoms. The molecule has 0 saturated heterocycles. The molecule has 0 radical (unpaired) electrons. The third-order valence-corrected chi connectivity index (χ3v) is 4.42. The average Bonchev–Trinajstić information content (AvgIpc) is 3.25. The van der Waals surface area contributed by atoms with E-state index in [2.05, 4.69) is 22.2 Å². The number of fused-ring (bicyclic) bond motifs is 1. The number of hydrogen-bond acceptors (Lipinski definition) is 4. The SMILES string of the molecule is C[C@H]1C[C@H](C)n2nccc2N1C(=O)c1cnn(-c2ccc(F)cc2)n1. The Balaban J connectivity index is 1.66. The summed E-state index contributed by atoms with van der Waals surface area (Å²) in [5.74, 6) is 0.193. The molecule has 25 heavy (non-hydrogen) atoms. The molecule has 4 rings (SSSR count). The number of carbonyl (C=O) groups is 1. The zero-order chi connectivity index (χ0) is 17.6. The van der Waals surface area contributed by atoms with Crippen molar-refractivity contribution in [2.24, 2.45) is 0 Å². The van der Waals surface area contributed by atoms with Crippen molar-refractivity contribution in [1.82, 2.24) is 24.8 Å². The summed E-state index contributed by atoms with van der Waals surface area (Å²) >= 11 is 0. The van der Waals surface area contributed by atoms with E-state index in [0.29, 0.717) is 5.69 Å². The molecular formula is C17H17FN6O. The van der Waals surface area contributed by atoms with Gasteiger partial charge in [-0.05, 0) is 44.5 Å². The molecule has 0 fully saturated rings. The Morgan fingerprint density at radius 3 is 2.64 bits per heavy atom. The second-order valence-corrected chi connectivity index (χ2v) is 6.24. The predicted molar refractivity (Wildman–Crippen MR) is 89.1 cm³/mol. The van der Waals surface area contributed by atoms with Crippen LogP contribution in [0.2, 0.25) is 0 Å². The fraction of sp³-hybridized carbons (Fsp3) is 0.294. The quantitative estimate of drug-likeness (QED) is 0.719. The maximum Gasteiger partial charge on any atom is 0.281 e. The van der Waals surface area contributed by atoms with Crippen LogP contribution in [-0.2, 0) is 0 Å². The second kappa shape index (κ2) is 5.80. The van der Waals surface area contributed by atoms with Gasteiger partial charge in [-0.1, -0.05) is 0 Å². The van der Waals surface area contributed by atoms with Crippen LogP contribution in [0.3, 0.4) is 0 Å². The summed E-state index contributed by atoms with van der Waals surface area (Å²) in [5, 5.41) is 12.7. The monoisotopic (exact) mass is 340 g/mol. The summed E-state index contributed by atoms with van der Waals surface area (Å²) < 4.78 is 14.9. The van der Waals surface area contributed by atoms with Crippen LogP contribution in [0.5, 0.6) is 0 Å². The number of carbonyl (C=O) groups excluding carboxylic acids is 1. The third kappa shape index (κ3) is 2.59. The van der Waals surface area contributed by atoms with Gasteiger partial charge in [0.25, 0.3) is 5.91 Å². The topological polar surface area (TPSA) is 68.8 Å². The maximum atomic E-state index is 13.0. The lowest BCUT2D eigenvalue weighted by Gasteiger charge is -2.36. The molecule has 0 bridgehead atoms. The fourth-order valence-corrected chi connectivity index (χ4v) is 3.25. The summed E-state index contributed by atoms with van der Waals surface area (Å²) in [6.07, 6.45) is 3.93. The van der Waals surface area contributed by atoms with Gasteiger partial charge in [-0.25, -0.2) is 9.07 Å². The van der Waals surface area contributed by atoms with Crippen LogP contribution in [0, 0.1) is 5.82 Å². The first kappa shape index (κ1) is 15.5. The van der Waals surface area contributed by atoms with Crippen LogP contribution in [0.15, 0.2) is 42.7 Å². The fourth-order valence-electron chi connectivity index (χ4n) is 3.25. The zero-order valence-electron chi connectivity index (χ0n) is 13.9. The van der Waals surface area contributed by atoms with E-state index in [1.165, 1.54) is 23.1 Å². The Labute approximate surface area is 143 Å². The number of anilines is 1. The molecule has 2 aromatic heterocycles. The van der Waals surface area contributed by atoms with Crippen LogP contribution in [-0.4, -0.2) is 36.7 Å². The van der Waals surface area contributed by atoms with Crippen molar-refractivity contribution in [2.75, 3.05) is 4.90 Å². The van der Waals surface area contributed by atoms with Gasteiger partial charge in [-0.15, -0.1) is 5.10 Å². The summed E-state index contributed by atoms with van der Waals surface area (Å²) in [6.45, 7) is 4.09. The standard InChI is InChI=1S/C17H17FN6O/c1-11-9-12(2)23-16(7-8-19-23)22(11)17(25)15-10-20-24(21-15)14-5-3-13(18)4-6-14/h3-8,10-12H,9H2,1-2H3/t11-,12-/m0/s1. The second-order valence-electron chi connectivity index (χ2n) is 6.24. The lowest BCUT2D eigenvalue weighted by Crippen LogP contribution is -2.45. The zero-order valence-corrected chi connectivity index (χ0v) is 13.9. The van der Waals surface area contributed by atoms with Crippen molar-refractivity contribution in [3.8, 4) is 5.69 Å². The number of nitrogens with zero attached hydrogens (tertiary/aromatic N) is 6. The molecule has 3 heterocycles. The van der Waals surface area contributed by atoms with E-state index < -0.39 is 0 Å². The van der Waals surface area contributed by atoms with E-state index in [4.69, 9.17) is 0 Å². The van der Waals surface area contributed by atoms with Crippen molar-refractivity contribution in [3.63, 3.8) is 0 Å². The first-order chi connectivity index (χ1) is 12.0. The number of amides is 1. The highest BCUT2D eigenvalue weighted by Gasteiger charge is 2.34. The van der Waals surface area contributed by atoms with Gasteiger partial charge in [0.1, 0.15) is 11.6 Å². The number of aromatic nitrogens is 5. The Morgan fingerprint density at radius 1 is 1.12 bits per heavy atom. The normalized spacial score (nSPS) is 19.7. The summed E-state index contributed by atoms with van der Waals surface area (Å²) in [6, 6.07) is 7.86. The number of hydrogen-bond donors (Lipinski definition) is 0.